The molecule has 0 aromatic rings. The van der Waals surface area contributed by atoms with Crippen LogP contribution in [0.15, 0.2) is 0 Å². The number of morpholine rings is 1. The van der Waals surface area contributed by atoms with Crippen LogP contribution in [0.4, 0.5) is 0 Å². The summed E-state index contributed by atoms with van der Waals surface area (Å²) < 4.78 is 5.59. The van der Waals surface area contributed by atoms with E-state index in [0.717, 1.165) is 32.2 Å². The maximum atomic E-state index is 6.05. The van der Waals surface area contributed by atoms with Crippen molar-refractivity contribution in [3.8, 4) is 0 Å². The van der Waals surface area contributed by atoms with Crippen molar-refractivity contribution in [1.82, 2.24) is 4.90 Å². The average molecular weight is 226 g/mol. The molecule has 0 aromatic heterocycles. The first kappa shape index (κ1) is 12.3. The zero-order chi connectivity index (χ0) is 11.8. The van der Waals surface area contributed by atoms with E-state index in [4.69, 9.17) is 10.5 Å². The van der Waals surface area contributed by atoms with Crippen LogP contribution in [-0.4, -0.2) is 42.3 Å². The van der Waals surface area contributed by atoms with Gasteiger partial charge in [0.15, 0.2) is 0 Å². The molecular weight excluding hydrogens is 200 g/mol. The smallest absolute Gasteiger partial charge is 0.0645 e. The maximum absolute atomic E-state index is 6.05. The largest absolute Gasteiger partial charge is 0.378 e. The number of hydrogen-bond donors (Lipinski definition) is 1. The molecule has 1 atom stereocenters. The summed E-state index contributed by atoms with van der Waals surface area (Å²) in [5.74, 6) is 0.923. The Labute approximate surface area is 99.3 Å². The van der Waals surface area contributed by atoms with E-state index in [1.54, 1.807) is 0 Å². The average Bonchev–Trinajstić information content (AvgIpc) is 3.00. The summed E-state index contributed by atoms with van der Waals surface area (Å²) in [6.45, 7) is 10.3. The van der Waals surface area contributed by atoms with Gasteiger partial charge in [-0.15, -0.1) is 0 Å². The molecule has 0 aromatic carbocycles. The molecule has 1 aliphatic carbocycles. The zero-order valence-electron chi connectivity index (χ0n) is 11.0. The molecular formula is C13H26N2O. The maximum Gasteiger partial charge on any atom is 0.0645 e. The minimum absolute atomic E-state index is 0.126. The molecule has 0 spiro atoms. The molecule has 16 heavy (non-hydrogen) atoms. The summed E-state index contributed by atoms with van der Waals surface area (Å²) in [7, 11) is 0. The molecule has 1 aliphatic heterocycles. The molecule has 94 valence electrons. The fourth-order valence-corrected chi connectivity index (χ4v) is 3.11. The van der Waals surface area contributed by atoms with Crippen LogP contribution in [0.25, 0.3) is 0 Å². The van der Waals surface area contributed by atoms with E-state index in [0.29, 0.717) is 0 Å². The topological polar surface area (TPSA) is 38.5 Å². The summed E-state index contributed by atoms with van der Waals surface area (Å²) in [6.07, 6.45) is 4.06. The van der Waals surface area contributed by atoms with Gasteiger partial charge in [-0.2, -0.15) is 0 Å². The monoisotopic (exact) mass is 226 g/mol. The fourth-order valence-electron chi connectivity index (χ4n) is 3.11. The molecule has 0 bridgehead atoms. The lowest BCUT2D eigenvalue weighted by Crippen LogP contribution is -2.64. The van der Waals surface area contributed by atoms with Crippen molar-refractivity contribution in [1.29, 1.82) is 0 Å². The van der Waals surface area contributed by atoms with Crippen molar-refractivity contribution in [3.63, 3.8) is 0 Å². The fraction of sp³-hybridized carbons (Fsp3) is 1.00. The van der Waals surface area contributed by atoms with E-state index in [1.165, 1.54) is 19.3 Å². The molecule has 1 heterocycles. The van der Waals surface area contributed by atoms with Crippen LogP contribution >= 0.6 is 0 Å². The van der Waals surface area contributed by atoms with E-state index in [9.17, 15) is 0 Å². The van der Waals surface area contributed by atoms with Crippen molar-refractivity contribution < 1.29 is 4.74 Å². The molecule has 3 nitrogen and oxygen atoms in total. The summed E-state index contributed by atoms with van der Waals surface area (Å²) in [6, 6.07) is 0. The standard InChI is InChI=1S/C13H26N2O/c1-12(2)10-16-7-6-15(12)13(3,9-14)8-11-4-5-11/h11H,4-10,14H2,1-3H3. The Kier molecular flexibility index (Phi) is 3.30. The minimum atomic E-state index is 0.126. The first-order valence-electron chi connectivity index (χ1n) is 6.53. The van der Waals surface area contributed by atoms with Gasteiger partial charge >= 0.3 is 0 Å². The second kappa shape index (κ2) is 4.28. The first-order valence-corrected chi connectivity index (χ1v) is 6.53. The molecule has 2 aliphatic rings. The summed E-state index contributed by atoms with van der Waals surface area (Å²) in [5, 5.41) is 0. The van der Waals surface area contributed by atoms with Gasteiger partial charge < -0.3 is 10.5 Å². The number of hydrogen-bond acceptors (Lipinski definition) is 3. The van der Waals surface area contributed by atoms with Crippen molar-refractivity contribution in [3.05, 3.63) is 0 Å². The Hall–Kier alpha value is -0.120. The Morgan fingerprint density at radius 2 is 2.12 bits per heavy atom. The van der Waals surface area contributed by atoms with Gasteiger partial charge in [0.25, 0.3) is 0 Å². The van der Waals surface area contributed by atoms with Crippen LogP contribution in [0, 0.1) is 5.92 Å². The second-order valence-corrected chi connectivity index (χ2v) is 6.37. The highest BCUT2D eigenvalue weighted by Crippen LogP contribution is 2.41. The van der Waals surface area contributed by atoms with Crippen LogP contribution in [0.2, 0.25) is 0 Å². The molecule has 3 heteroatoms. The normalized spacial score (nSPS) is 30.0. The molecule has 1 saturated heterocycles. The highest BCUT2D eigenvalue weighted by atomic mass is 16.5. The lowest BCUT2D eigenvalue weighted by atomic mass is 9.86. The van der Waals surface area contributed by atoms with Crippen LogP contribution in [0.3, 0.4) is 0 Å². The van der Waals surface area contributed by atoms with Gasteiger partial charge in [-0.25, -0.2) is 0 Å². The lowest BCUT2D eigenvalue weighted by Gasteiger charge is -2.52. The van der Waals surface area contributed by atoms with Gasteiger partial charge in [-0.1, -0.05) is 12.8 Å². The van der Waals surface area contributed by atoms with E-state index >= 15 is 0 Å². The van der Waals surface area contributed by atoms with Gasteiger partial charge in [-0.3, -0.25) is 4.90 Å². The minimum Gasteiger partial charge on any atom is -0.378 e. The third kappa shape index (κ3) is 2.41. The van der Waals surface area contributed by atoms with Crippen molar-refractivity contribution in [2.24, 2.45) is 11.7 Å². The molecule has 1 unspecified atom stereocenters. The van der Waals surface area contributed by atoms with Crippen LogP contribution in [0.5, 0.6) is 0 Å². The molecule has 2 fully saturated rings. The zero-order valence-corrected chi connectivity index (χ0v) is 11.0. The van der Waals surface area contributed by atoms with Crippen molar-refractivity contribution >= 4 is 0 Å². The van der Waals surface area contributed by atoms with Gasteiger partial charge in [0.2, 0.25) is 0 Å². The Bertz CT molecular complexity index is 250. The van der Waals surface area contributed by atoms with Crippen molar-refractivity contribution in [2.75, 3.05) is 26.3 Å². The predicted molar refractivity (Wildman–Crippen MR) is 66.4 cm³/mol. The summed E-state index contributed by atoms with van der Waals surface area (Å²) in [4.78, 5) is 2.59. The Balaban J connectivity index is 2.10. The van der Waals surface area contributed by atoms with Gasteiger partial charge in [0.1, 0.15) is 0 Å². The summed E-state index contributed by atoms with van der Waals surface area (Å²) >= 11 is 0. The molecule has 1 saturated carbocycles. The first-order chi connectivity index (χ1) is 7.48. The van der Waals surface area contributed by atoms with Crippen LogP contribution < -0.4 is 5.73 Å². The lowest BCUT2D eigenvalue weighted by molar-refractivity contribution is -0.102. The Morgan fingerprint density at radius 3 is 2.62 bits per heavy atom. The predicted octanol–water partition coefficient (Wildman–Crippen LogP) is 1.61. The Morgan fingerprint density at radius 1 is 1.44 bits per heavy atom. The van der Waals surface area contributed by atoms with Gasteiger partial charge in [-0.05, 0) is 33.1 Å². The highest BCUT2D eigenvalue weighted by Gasteiger charge is 2.44. The van der Waals surface area contributed by atoms with Crippen LogP contribution in [0.1, 0.15) is 40.0 Å². The third-order valence-electron chi connectivity index (χ3n) is 4.16. The SMILES string of the molecule is CC1(C)COCCN1C(C)(CN)CC1CC1. The molecule has 2 N–H and O–H groups in total. The quantitative estimate of drug-likeness (QED) is 0.791. The number of ether oxygens (including phenoxy) is 1. The summed E-state index contributed by atoms with van der Waals surface area (Å²) in [5.41, 5.74) is 6.34. The highest BCUT2D eigenvalue weighted by molar-refractivity contribution is 5.00. The number of nitrogens with two attached hydrogens (primary N) is 1. The number of rotatable bonds is 4. The number of nitrogens with zero attached hydrogens (tertiary/aromatic N) is 1. The molecule has 0 radical (unpaired) electrons. The van der Waals surface area contributed by atoms with Crippen LogP contribution in [-0.2, 0) is 4.74 Å². The van der Waals surface area contributed by atoms with Gasteiger partial charge in [0.05, 0.1) is 13.2 Å². The van der Waals surface area contributed by atoms with Crippen molar-refractivity contribution in [2.45, 2.75) is 51.1 Å². The second-order valence-electron chi connectivity index (χ2n) is 6.37. The molecule has 0 amide bonds. The molecule has 2 rings (SSSR count). The van der Waals surface area contributed by atoms with E-state index < -0.39 is 0 Å². The van der Waals surface area contributed by atoms with Gasteiger partial charge in [0, 0.05) is 24.2 Å². The van der Waals surface area contributed by atoms with E-state index in [1.807, 2.05) is 0 Å². The van der Waals surface area contributed by atoms with E-state index in [-0.39, 0.29) is 11.1 Å². The van der Waals surface area contributed by atoms with E-state index in [2.05, 4.69) is 25.7 Å². The third-order valence-corrected chi connectivity index (χ3v) is 4.16.